The SMILES string of the molecule is CC(C)(C)c1cn(Cn2cnc(C(C)(C)C)c2)cn1. The van der Waals surface area contributed by atoms with Crippen molar-refractivity contribution in [3.8, 4) is 0 Å². The fourth-order valence-electron chi connectivity index (χ4n) is 1.84. The summed E-state index contributed by atoms with van der Waals surface area (Å²) < 4.78 is 4.18. The summed E-state index contributed by atoms with van der Waals surface area (Å²) in [6.07, 6.45) is 7.99. The number of aromatic nitrogens is 4. The Balaban J connectivity index is 2.14. The second kappa shape index (κ2) is 4.51. The lowest BCUT2D eigenvalue weighted by molar-refractivity contribution is 0.561. The molecule has 0 radical (unpaired) electrons. The van der Waals surface area contributed by atoms with Crippen LogP contribution in [0.15, 0.2) is 25.0 Å². The van der Waals surface area contributed by atoms with Crippen LogP contribution in [0.5, 0.6) is 0 Å². The highest BCUT2D eigenvalue weighted by Gasteiger charge is 2.18. The third-order valence-electron chi connectivity index (χ3n) is 3.13. The van der Waals surface area contributed by atoms with Crippen molar-refractivity contribution in [3.05, 3.63) is 36.4 Å². The second-order valence-electron chi connectivity index (χ2n) is 7.19. The van der Waals surface area contributed by atoms with Crippen molar-refractivity contribution in [3.63, 3.8) is 0 Å². The van der Waals surface area contributed by atoms with Crippen LogP contribution in [0.2, 0.25) is 0 Å². The Morgan fingerprint density at radius 1 is 0.789 bits per heavy atom. The molecule has 4 heteroatoms. The quantitative estimate of drug-likeness (QED) is 0.831. The third kappa shape index (κ3) is 3.25. The van der Waals surface area contributed by atoms with E-state index in [1.54, 1.807) is 0 Å². The van der Waals surface area contributed by atoms with Crippen molar-refractivity contribution in [1.29, 1.82) is 0 Å². The lowest BCUT2D eigenvalue weighted by Gasteiger charge is -2.14. The van der Waals surface area contributed by atoms with Gasteiger partial charge in [0.05, 0.1) is 24.0 Å². The molecule has 0 N–H and O–H groups in total. The predicted octanol–water partition coefficient (Wildman–Crippen LogP) is 3.18. The van der Waals surface area contributed by atoms with Gasteiger partial charge in [0.2, 0.25) is 0 Å². The van der Waals surface area contributed by atoms with Gasteiger partial charge in [0, 0.05) is 23.2 Å². The molecule has 2 aromatic rings. The Bertz CT molecular complexity index is 499. The molecule has 0 atom stereocenters. The average molecular weight is 260 g/mol. The van der Waals surface area contributed by atoms with Crippen molar-refractivity contribution in [2.75, 3.05) is 0 Å². The van der Waals surface area contributed by atoms with Crippen molar-refractivity contribution < 1.29 is 0 Å². The van der Waals surface area contributed by atoms with Crippen LogP contribution in [0, 0.1) is 0 Å². The van der Waals surface area contributed by atoms with Gasteiger partial charge in [-0.25, -0.2) is 9.97 Å². The first kappa shape index (κ1) is 13.8. The van der Waals surface area contributed by atoms with Crippen LogP contribution in [0.4, 0.5) is 0 Å². The number of hydrogen-bond donors (Lipinski definition) is 0. The molecule has 0 aliphatic heterocycles. The molecular formula is C15H24N4. The summed E-state index contributed by atoms with van der Waals surface area (Å²) in [5, 5.41) is 0. The molecule has 0 aromatic carbocycles. The largest absolute Gasteiger partial charge is 0.319 e. The minimum Gasteiger partial charge on any atom is -0.319 e. The zero-order valence-electron chi connectivity index (χ0n) is 12.8. The summed E-state index contributed by atoms with van der Waals surface area (Å²) in [5.74, 6) is 0. The Morgan fingerprint density at radius 2 is 1.16 bits per heavy atom. The van der Waals surface area contributed by atoms with Gasteiger partial charge in [0.15, 0.2) is 0 Å². The maximum atomic E-state index is 4.47. The first-order valence-corrected chi connectivity index (χ1v) is 6.71. The fourth-order valence-corrected chi connectivity index (χ4v) is 1.84. The lowest BCUT2D eigenvalue weighted by atomic mass is 9.93. The molecule has 0 bridgehead atoms. The normalized spacial score (nSPS) is 12.9. The lowest BCUT2D eigenvalue weighted by Crippen LogP contribution is -2.12. The molecule has 0 fully saturated rings. The second-order valence-corrected chi connectivity index (χ2v) is 7.19. The van der Waals surface area contributed by atoms with E-state index in [0.717, 1.165) is 18.1 Å². The summed E-state index contributed by atoms with van der Waals surface area (Å²) in [5.41, 5.74) is 2.42. The number of hydrogen-bond acceptors (Lipinski definition) is 2. The van der Waals surface area contributed by atoms with E-state index in [4.69, 9.17) is 0 Å². The summed E-state index contributed by atoms with van der Waals surface area (Å²) in [6.45, 7) is 13.8. The molecule has 19 heavy (non-hydrogen) atoms. The van der Waals surface area contributed by atoms with E-state index in [9.17, 15) is 0 Å². The fraction of sp³-hybridized carbons (Fsp3) is 0.600. The van der Waals surface area contributed by atoms with Crippen LogP contribution < -0.4 is 0 Å². The molecule has 0 saturated heterocycles. The molecule has 0 aliphatic carbocycles. The first-order valence-electron chi connectivity index (χ1n) is 6.71. The summed E-state index contributed by atoms with van der Waals surface area (Å²) >= 11 is 0. The zero-order valence-corrected chi connectivity index (χ0v) is 12.8. The van der Waals surface area contributed by atoms with Gasteiger partial charge in [-0.2, -0.15) is 0 Å². The van der Waals surface area contributed by atoms with Gasteiger partial charge in [-0.15, -0.1) is 0 Å². The number of rotatable bonds is 2. The zero-order chi connectivity index (χ0) is 14.3. The van der Waals surface area contributed by atoms with E-state index < -0.39 is 0 Å². The minimum atomic E-state index is 0.0940. The molecular weight excluding hydrogens is 236 g/mol. The van der Waals surface area contributed by atoms with E-state index in [1.165, 1.54) is 0 Å². The van der Waals surface area contributed by atoms with E-state index in [2.05, 4.69) is 73.0 Å². The van der Waals surface area contributed by atoms with E-state index in [0.29, 0.717) is 0 Å². The van der Waals surface area contributed by atoms with Crippen LogP contribution in [-0.4, -0.2) is 19.1 Å². The number of imidazole rings is 2. The van der Waals surface area contributed by atoms with Gasteiger partial charge in [0.1, 0.15) is 6.67 Å². The molecule has 104 valence electrons. The van der Waals surface area contributed by atoms with Gasteiger partial charge in [-0.05, 0) is 0 Å². The molecule has 4 nitrogen and oxygen atoms in total. The molecule has 0 saturated carbocycles. The Morgan fingerprint density at radius 3 is 1.42 bits per heavy atom. The highest BCUT2D eigenvalue weighted by molar-refractivity contribution is 5.10. The molecule has 2 rings (SSSR count). The molecule has 2 heterocycles. The molecule has 0 unspecified atom stereocenters. The van der Waals surface area contributed by atoms with Gasteiger partial charge < -0.3 is 9.13 Å². The van der Waals surface area contributed by atoms with Gasteiger partial charge >= 0.3 is 0 Å². The topological polar surface area (TPSA) is 35.6 Å². The Hall–Kier alpha value is -1.58. The predicted molar refractivity (Wildman–Crippen MR) is 77.3 cm³/mol. The van der Waals surface area contributed by atoms with Crippen molar-refractivity contribution in [2.45, 2.75) is 59.0 Å². The summed E-state index contributed by atoms with van der Waals surface area (Å²) in [4.78, 5) is 8.94. The highest BCUT2D eigenvalue weighted by atomic mass is 15.2. The monoisotopic (exact) mass is 260 g/mol. The summed E-state index contributed by atoms with van der Waals surface area (Å²) in [6, 6.07) is 0. The maximum Gasteiger partial charge on any atom is 0.101 e. The first-order chi connectivity index (χ1) is 8.66. The van der Waals surface area contributed by atoms with Crippen LogP contribution in [0.3, 0.4) is 0 Å². The van der Waals surface area contributed by atoms with E-state index in [1.807, 2.05) is 12.7 Å². The molecule has 0 spiro atoms. The standard InChI is InChI=1S/C15H24N4/c1-14(2,3)12-7-18(9-16-12)11-19-8-13(17-10-19)15(4,5)6/h7-10H,11H2,1-6H3. The number of nitrogens with zero attached hydrogens (tertiary/aromatic N) is 4. The van der Waals surface area contributed by atoms with Crippen molar-refractivity contribution in [1.82, 2.24) is 19.1 Å². The van der Waals surface area contributed by atoms with Crippen LogP contribution >= 0.6 is 0 Å². The average Bonchev–Trinajstić information content (AvgIpc) is 2.84. The molecule has 0 amide bonds. The van der Waals surface area contributed by atoms with Crippen LogP contribution in [-0.2, 0) is 17.5 Å². The van der Waals surface area contributed by atoms with Crippen molar-refractivity contribution >= 4 is 0 Å². The minimum absolute atomic E-state index is 0.0940. The molecule has 0 aliphatic rings. The van der Waals surface area contributed by atoms with Crippen molar-refractivity contribution in [2.24, 2.45) is 0 Å². The van der Waals surface area contributed by atoms with Crippen LogP contribution in [0.25, 0.3) is 0 Å². The third-order valence-corrected chi connectivity index (χ3v) is 3.13. The van der Waals surface area contributed by atoms with Crippen LogP contribution in [0.1, 0.15) is 52.9 Å². The highest BCUT2D eigenvalue weighted by Crippen LogP contribution is 2.21. The smallest absolute Gasteiger partial charge is 0.101 e. The van der Waals surface area contributed by atoms with Gasteiger partial charge in [0.25, 0.3) is 0 Å². The van der Waals surface area contributed by atoms with E-state index >= 15 is 0 Å². The Kier molecular flexibility index (Phi) is 3.29. The van der Waals surface area contributed by atoms with Gasteiger partial charge in [-0.1, -0.05) is 41.5 Å². The Labute approximate surface area is 115 Å². The van der Waals surface area contributed by atoms with E-state index in [-0.39, 0.29) is 10.8 Å². The molecule has 2 aromatic heterocycles. The van der Waals surface area contributed by atoms with Gasteiger partial charge in [-0.3, -0.25) is 0 Å². The summed E-state index contributed by atoms with van der Waals surface area (Å²) in [7, 11) is 0. The maximum absolute atomic E-state index is 4.47.